The number of rotatable bonds is 4. The molecule has 0 unspecified atom stereocenters. The molecular formula is C14H14N4O3. The second-order valence-electron chi connectivity index (χ2n) is 4.30. The quantitative estimate of drug-likeness (QED) is 0.795. The summed E-state index contributed by atoms with van der Waals surface area (Å²) in [7, 11) is 0. The van der Waals surface area contributed by atoms with Gasteiger partial charge in [0.25, 0.3) is 0 Å². The van der Waals surface area contributed by atoms with E-state index in [0.29, 0.717) is 11.3 Å². The van der Waals surface area contributed by atoms with Gasteiger partial charge in [-0.3, -0.25) is 4.98 Å². The lowest BCUT2D eigenvalue weighted by molar-refractivity contribution is 0.0690. The Hall–Kier alpha value is -2.96. The van der Waals surface area contributed by atoms with Crippen molar-refractivity contribution >= 4 is 17.7 Å². The van der Waals surface area contributed by atoms with Crippen LogP contribution in [0.4, 0.5) is 10.5 Å². The van der Waals surface area contributed by atoms with E-state index in [9.17, 15) is 9.59 Å². The number of carbonyl (C=O) groups excluding carboxylic acids is 1. The molecule has 3 N–H and O–H groups in total. The van der Waals surface area contributed by atoms with Crippen molar-refractivity contribution in [1.29, 1.82) is 0 Å². The maximum atomic E-state index is 11.7. The third-order valence-electron chi connectivity index (χ3n) is 2.75. The summed E-state index contributed by atoms with van der Waals surface area (Å²) in [5.41, 5.74) is 2.03. The zero-order valence-corrected chi connectivity index (χ0v) is 11.3. The number of hydrogen-bond acceptors (Lipinski definition) is 4. The van der Waals surface area contributed by atoms with E-state index in [4.69, 9.17) is 5.11 Å². The van der Waals surface area contributed by atoms with E-state index in [1.807, 2.05) is 0 Å². The van der Waals surface area contributed by atoms with Gasteiger partial charge >= 0.3 is 12.0 Å². The number of anilines is 1. The van der Waals surface area contributed by atoms with Gasteiger partial charge in [-0.15, -0.1) is 0 Å². The molecule has 0 aromatic carbocycles. The monoisotopic (exact) mass is 286 g/mol. The molecule has 0 saturated heterocycles. The lowest BCUT2D eigenvalue weighted by atomic mass is 10.2. The number of carboxylic acids is 1. The van der Waals surface area contributed by atoms with E-state index in [0.717, 1.165) is 5.69 Å². The van der Waals surface area contributed by atoms with Crippen LogP contribution in [0.2, 0.25) is 0 Å². The third-order valence-corrected chi connectivity index (χ3v) is 2.75. The predicted octanol–water partition coefficient (Wildman–Crippen LogP) is 1.80. The fraction of sp³-hybridized carbons (Fsp3) is 0.143. The summed E-state index contributed by atoms with van der Waals surface area (Å²) in [6.07, 6.45) is 3.06. The number of pyridine rings is 2. The highest BCUT2D eigenvalue weighted by molar-refractivity contribution is 5.89. The fourth-order valence-electron chi connectivity index (χ4n) is 1.62. The molecule has 0 radical (unpaired) electrons. The van der Waals surface area contributed by atoms with Crippen LogP contribution in [-0.4, -0.2) is 27.1 Å². The highest BCUT2D eigenvalue weighted by Gasteiger charge is 2.06. The molecule has 2 rings (SSSR count). The smallest absolute Gasteiger partial charge is 0.354 e. The normalized spacial score (nSPS) is 9.95. The van der Waals surface area contributed by atoms with E-state index in [2.05, 4.69) is 20.6 Å². The number of nitrogens with zero attached hydrogens (tertiary/aromatic N) is 2. The first kappa shape index (κ1) is 14.4. The average Bonchev–Trinajstić information content (AvgIpc) is 2.48. The zero-order valence-electron chi connectivity index (χ0n) is 11.3. The van der Waals surface area contributed by atoms with E-state index in [1.54, 1.807) is 31.3 Å². The van der Waals surface area contributed by atoms with Gasteiger partial charge in [-0.05, 0) is 30.7 Å². The highest BCUT2D eigenvalue weighted by Crippen LogP contribution is 2.09. The van der Waals surface area contributed by atoms with Crippen molar-refractivity contribution in [1.82, 2.24) is 15.3 Å². The molecule has 0 spiro atoms. The van der Waals surface area contributed by atoms with Gasteiger partial charge in [0, 0.05) is 18.9 Å². The Bertz CT molecular complexity index is 656. The lowest BCUT2D eigenvalue weighted by Gasteiger charge is -2.09. The molecule has 2 aromatic heterocycles. The van der Waals surface area contributed by atoms with Crippen molar-refractivity contribution in [3.8, 4) is 0 Å². The van der Waals surface area contributed by atoms with Crippen LogP contribution in [0.25, 0.3) is 0 Å². The number of hydrogen-bond donors (Lipinski definition) is 3. The summed E-state index contributed by atoms with van der Waals surface area (Å²) >= 11 is 0. The Balaban J connectivity index is 1.89. The van der Waals surface area contributed by atoms with E-state index in [1.165, 1.54) is 12.3 Å². The van der Waals surface area contributed by atoms with Crippen molar-refractivity contribution in [3.63, 3.8) is 0 Å². The summed E-state index contributed by atoms with van der Waals surface area (Å²) < 4.78 is 0. The largest absolute Gasteiger partial charge is 0.477 e. The fourth-order valence-corrected chi connectivity index (χ4v) is 1.62. The first-order valence-electron chi connectivity index (χ1n) is 6.21. The number of carboxylic acid groups (broad SMARTS) is 1. The van der Waals surface area contributed by atoms with Crippen molar-refractivity contribution in [2.24, 2.45) is 0 Å². The standard InChI is InChI=1S/C14H14N4O3/c1-9-11(3-2-6-15-9)18-14(21)17-8-10-4-5-12(13(19)20)16-7-10/h2-7H,8H2,1H3,(H,19,20)(H2,17,18,21). The third kappa shape index (κ3) is 4.00. The van der Waals surface area contributed by atoms with E-state index < -0.39 is 5.97 Å². The first-order chi connectivity index (χ1) is 10.1. The summed E-state index contributed by atoms with van der Waals surface area (Å²) in [6.45, 7) is 2.04. The number of aromatic nitrogens is 2. The molecule has 2 amide bonds. The minimum atomic E-state index is -1.08. The molecule has 0 atom stereocenters. The van der Waals surface area contributed by atoms with E-state index >= 15 is 0 Å². The Kier molecular flexibility index (Phi) is 4.45. The molecule has 7 nitrogen and oxygen atoms in total. The van der Waals surface area contributed by atoms with Gasteiger partial charge in [0.2, 0.25) is 0 Å². The Morgan fingerprint density at radius 2 is 2.05 bits per heavy atom. The second-order valence-corrected chi connectivity index (χ2v) is 4.30. The molecule has 0 aliphatic carbocycles. The van der Waals surface area contributed by atoms with Gasteiger partial charge in [-0.1, -0.05) is 6.07 Å². The van der Waals surface area contributed by atoms with Gasteiger partial charge in [-0.25, -0.2) is 14.6 Å². The number of aromatic carboxylic acids is 1. The van der Waals surface area contributed by atoms with Crippen molar-refractivity contribution in [2.45, 2.75) is 13.5 Å². The number of carbonyl (C=O) groups is 2. The van der Waals surface area contributed by atoms with Crippen LogP contribution in [0.15, 0.2) is 36.7 Å². The summed E-state index contributed by atoms with van der Waals surface area (Å²) in [6, 6.07) is 6.12. The SMILES string of the molecule is Cc1ncccc1NC(=O)NCc1ccc(C(=O)O)nc1. The Morgan fingerprint density at radius 1 is 1.24 bits per heavy atom. The van der Waals surface area contributed by atoms with Crippen molar-refractivity contribution in [2.75, 3.05) is 5.32 Å². The van der Waals surface area contributed by atoms with Crippen LogP contribution >= 0.6 is 0 Å². The molecule has 2 aromatic rings. The molecule has 0 bridgehead atoms. The van der Waals surface area contributed by atoms with E-state index in [-0.39, 0.29) is 18.3 Å². The second kappa shape index (κ2) is 6.47. The molecule has 0 aliphatic rings. The Labute approximate surface area is 121 Å². The van der Waals surface area contributed by atoms with Crippen LogP contribution in [0, 0.1) is 6.92 Å². The van der Waals surface area contributed by atoms with Crippen LogP contribution < -0.4 is 10.6 Å². The van der Waals surface area contributed by atoms with Gasteiger partial charge in [-0.2, -0.15) is 0 Å². The molecule has 0 aliphatic heterocycles. The molecule has 7 heteroatoms. The number of nitrogens with one attached hydrogen (secondary N) is 2. The Morgan fingerprint density at radius 3 is 2.67 bits per heavy atom. The van der Waals surface area contributed by atoms with Gasteiger partial charge in [0.15, 0.2) is 0 Å². The minimum absolute atomic E-state index is 0.0332. The first-order valence-corrected chi connectivity index (χ1v) is 6.21. The number of urea groups is 1. The predicted molar refractivity (Wildman–Crippen MR) is 76.0 cm³/mol. The maximum Gasteiger partial charge on any atom is 0.354 e. The van der Waals surface area contributed by atoms with Crippen LogP contribution in [0.5, 0.6) is 0 Å². The summed E-state index contributed by atoms with van der Waals surface area (Å²) in [4.78, 5) is 30.3. The maximum absolute atomic E-state index is 11.7. The van der Waals surface area contributed by atoms with Gasteiger partial charge < -0.3 is 15.7 Å². The lowest BCUT2D eigenvalue weighted by Crippen LogP contribution is -2.28. The van der Waals surface area contributed by atoms with Gasteiger partial charge in [0.1, 0.15) is 5.69 Å². The van der Waals surface area contributed by atoms with Crippen molar-refractivity contribution < 1.29 is 14.7 Å². The number of aryl methyl sites for hydroxylation is 1. The molecule has 2 heterocycles. The molecular weight excluding hydrogens is 272 g/mol. The van der Waals surface area contributed by atoms with Crippen LogP contribution in [0.1, 0.15) is 21.7 Å². The van der Waals surface area contributed by atoms with Crippen LogP contribution in [0.3, 0.4) is 0 Å². The van der Waals surface area contributed by atoms with Crippen molar-refractivity contribution in [3.05, 3.63) is 53.6 Å². The topological polar surface area (TPSA) is 104 Å². The highest BCUT2D eigenvalue weighted by atomic mass is 16.4. The number of amides is 2. The van der Waals surface area contributed by atoms with Gasteiger partial charge in [0.05, 0.1) is 11.4 Å². The zero-order chi connectivity index (χ0) is 15.2. The summed E-state index contributed by atoms with van der Waals surface area (Å²) in [5.74, 6) is -1.08. The molecule has 108 valence electrons. The summed E-state index contributed by atoms with van der Waals surface area (Å²) in [5, 5.41) is 14.1. The molecule has 0 fully saturated rings. The molecule has 21 heavy (non-hydrogen) atoms. The minimum Gasteiger partial charge on any atom is -0.477 e. The van der Waals surface area contributed by atoms with Crippen LogP contribution in [-0.2, 0) is 6.54 Å². The average molecular weight is 286 g/mol. The molecule has 0 saturated carbocycles.